The predicted octanol–water partition coefficient (Wildman–Crippen LogP) is 4.49. The second kappa shape index (κ2) is 6.96. The van der Waals surface area contributed by atoms with E-state index in [-0.39, 0.29) is 18.2 Å². The number of anilines is 2. The number of nitrogens with one attached hydrogen (secondary N) is 2. The molecule has 0 saturated heterocycles. The van der Waals surface area contributed by atoms with Gasteiger partial charge in [-0.05, 0) is 31.0 Å². The molecule has 0 radical (unpaired) electrons. The molecule has 0 fully saturated rings. The van der Waals surface area contributed by atoms with E-state index in [1.165, 1.54) is 16.9 Å². The van der Waals surface area contributed by atoms with Crippen molar-refractivity contribution in [3.05, 3.63) is 64.5 Å². The summed E-state index contributed by atoms with van der Waals surface area (Å²) in [7, 11) is 0. The number of thiazole rings is 1. The van der Waals surface area contributed by atoms with Gasteiger partial charge in [0.2, 0.25) is 11.8 Å². The Morgan fingerprint density at radius 3 is 2.85 bits per heavy atom. The number of carbonyl (C=O) groups excluding carboxylic acids is 2. The first-order chi connectivity index (χ1) is 13.0. The van der Waals surface area contributed by atoms with Gasteiger partial charge in [-0.3, -0.25) is 9.59 Å². The van der Waals surface area contributed by atoms with E-state index >= 15 is 0 Å². The van der Waals surface area contributed by atoms with E-state index < -0.39 is 5.92 Å². The molecule has 1 atom stereocenters. The molecule has 2 amide bonds. The van der Waals surface area contributed by atoms with Gasteiger partial charge in [0, 0.05) is 23.1 Å². The molecule has 3 aromatic rings. The van der Waals surface area contributed by atoms with Crippen LogP contribution in [-0.2, 0) is 9.59 Å². The number of nitrogens with zero attached hydrogens (tertiary/aromatic N) is 1. The fourth-order valence-electron chi connectivity index (χ4n) is 3.39. The van der Waals surface area contributed by atoms with Crippen LogP contribution in [-0.4, -0.2) is 16.8 Å². The van der Waals surface area contributed by atoms with Crippen LogP contribution in [0.3, 0.4) is 0 Å². The summed E-state index contributed by atoms with van der Waals surface area (Å²) in [5.74, 6) is -0.869. The zero-order valence-electron chi connectivity index (χ0n) is 15.1. The zero-order chi connectivity index (χ0) is 19.0. The second-order valence-electron chi connectivity index (χ2n) is 6.74. The van der Waals surface area contributed by atoms with Crippen molar-refractivity contribution < 1.29 is 9.59 Å². The number of amides is 2. The van der Waals surface area contributed by atoms with Crippen molar-refractivity contribution in [2.24, 2.45) is 0 Å². The summed E-state index contributed by atoms with van der Waals surface area (Å²) in [6.45, 7) is 4.11. The molecule has 0 saturated carbocycles. The Balaban J connectivity index is 1.56. The van der Waals surface area contributed by atoms with Crippen molar-refractivity contribution >= 4 is 34.0 Å². The number of rotatable bonds is 3. The Morgan fingerprint density at radius 2 is 2.04 bits per heavy atom. The third kappa shape index (κ3) is 3.48. The molecule has 136 valence electrons. The molecular weight excluding hydrogens is 358 g/mol. The maximum absolute atomic E-state index is 12.8. The number of aromatic nitrogens is 1. The summed E-state index contributed by atoms with van der Waals surface area (Å²) in [5.41, 5.74) is 5.78. The SMILES string of the molecule is Cc1ccc(-c2csc(NC(=O)C3CC(=O)Nc4ccccc43)n2)c(C)c1. The first-order valence-corrected chi connectivity index (χ1v) is 9.62. The number of fused-ring (bicyclic) bond motifs is 1. The van der Waals surface area contributed by atoms with Crippen LogP contribution < -0.4 is 10.6 Å². The van der Waals surface area contributed by atoms with Crippen LogP contribution in [0.1, 0.15) is 29.0 Å². The molecule has 1 aliphatic rings. The van der Waals surface area contributed by atoms with Gasteiger partial charge in [0.15, 0.2) is 5.13 Å². The molecule has 27 heavy (non-hydrogen) atoms. The molecule has 6 heteroatoms. The van der Waals surface area contributed by atoms with Crippen molar-refractivity contribution in [1.29, 1.82) is 0 Å². The monoisotopic (exact) mass is 377 g/mol. The molecular formula is C21H19N3O2S. The van der Waals surface area contributed by atoms with Gasteiger partial charge in [-0.2, -0.15) is 0 Å². The fraction of sp³-hybridized carbons (Fsp3) is 0.190. The Hall–Kier alpha value is -2.99. The van der Waals surface area contributed by atoms with Crippen LogP contribution in [0.25, 0.3) is 11.3 Å². The molecule has 1 unspecified atom stereocenters. The van der Waals surface area contributed by atoms with Crippen LogP contribution in [0.4, 0.5) is 10.8 Å². The minimum absolute atomic E-state index is 0.137. The number of carbonyl (C=O) groups is 2. The van der Waals surface area contributed by atoms with Crippen LogP contribution in [0.2, 0.25) is 0 Å². The minimum Gasteiger partial charge on any atom is -0.326 e. The summed E-state index contributed by atoms with van der Waals surface area (Å²) in [5, 5.41) is 8.18. The highest BCUT2D eigenvalue weighted by atomic mass is 32.1. The highest BCUT2D eigenvalue weighted by molar-refractivity contribution is 7.14. The number of hydrogen-bond donors (Lipinski definition) is 2. The molecule has 0 spiro atoms. The number of hydrogen-bond acceptors (Lipinski definition) is 4. The van der Waals surface area contributed by atoms with E-state index in [2.05, 4.69) is 41.6 Å². The average Bonchev–Trinajstić information content (AvgIpc) is 3.09. The molecule has 0 bridgehead atoms. The number of aryl methyl sites for hydroxylation is 2. The lowest BCUT2D eigenvalue weighted by atomic mass is 9.90. The van der Waals surface area contributed by atoms with Crippen molar-refractivity contribution in [3.63, 3.8) is 0 Å². The zero-order valence-corrected chi connectivity index (χ0v) is 15.9. The van der Waals surface area contributed by atoms with E-state index in [0.29, 0.717) is 10.8 Å². The summed E-state index contributed by atoms with van der Waals surface area (Å²) < 4.78 is 0. The fourth-order valence-corrected chi connectivity index (χ4v) is 4.11. The van der Waals surface area contributed by atoms with Gasteiger partial charge in [0.25, 0.3) is 0 Å². The Labute approximate surface area is 161 Å². The Morgan fingerprint density at radius 1 is 1.22 bits per heavy atom. The molecule has 4 rings (SSSR count). The van der Waals surface area contributed by atoms with Gasteiger partial charge in [0.05, 0.1) is 11.6 Å². The normalized spacial score (nSPS) is 15.8. The lowest BCUT2D eigenvalue weighted by Crippen LogP contribution is -2.30. The van der Waals surface area contributed by atoms with Gasteiger partial charge < -0.3 is 10.6 Å². The highest BCUT2D eigenvalue weighted by Gasteiger charge is 2.30. The second-order valence-corrected chi connectivity index (χ2v) is 7.60. The summed E-state index contributed by atoms with van der Waals surface area (Å²) in [6, 6.07) is 13.6. The first-order valence-electron chi connectivity index (χ1n) is 8.74. The van der Waals surface area contributed by atoms with E-state index in [1.54, 1.807) is 0 Å². The summed E-state index contributed by atoms with van der Waals surface area (Å²) in [6.07, 6.45) is 0.137. The third-order valence-corrected chi connectivity index (χ3v) is 5.47. The molecule has 2 heterocycles. The van der Waals surface area contributed by atoms with Crippen LogP contribution in [0, 0.1) is 13.8 Å². The molecule has 2 aromatic carbocycles. The van der Waals surface area contributed by atoms with E-state index in [4.69, 9.17) is 0 Å². The summed E-state index contributed by atoms with van der Waals surface area (Å²) >= 11 is 1.39. The van der Waals surface area contributed by atoms with Gasteiger partial charge in [-0.15, -0.1) is 11.3 Å². The van der Waals surface area contributed by atoms with E-state index in [1.807, 2.05) is 35.7 Å². The number of benzene rings is 2. The third-order valence-electron chi connectivity index (χ3n) is 4.71. The Kier molecular flexibility index (Phi) is 4.49. The molecule has 1 aliphatic heterocycles. The Bertz CT molecular complexity index is 1040. The number of para-hydroxylation sites is 1. The highest BCUT2D eigenvalue weighted by Crippen LogP contribution is 2.34. The maximum Gasteiger partial charge on any atom is 0.234 e. The van der Waals surface area contributed by atoms with Crippen molar-refractivity contribution in [3.8, 4) is 11.3 Å². The smallest absolute Gasteiger partial charge is 0.234 e. The lowest BCUT2D eigenvalue weighted by molar-refractivity contribution is -0.123. The van der Waals surface area contributed by atoms with Crippen LogP contribution in [0.5, 0.6) is 0 Å². The van der Waals surface area contributed by atoms with Gasteiger partial charge in [-0.1, -0.05) is 42.0 Å². The molecule has 0 aliphatic carbocycles. The topological polar surface area (TPSA) is 71.1 Å². The van der Waals surface area contributed by atoms with E-state index in [9.17, 15) is 9.59 Å². The van der Waals surface area contributed by atoms with Crippen LogP contribution in [0.15, 0.2) is 47.8 Å². The largest absolute Gasteiger partial charge is 0.326 e. The summed E-state index contributed by atoms with van der Waals surface area (Å²) in [4.78, 5) is 29.3. The standard InChI is InChI=1S/C21H19N3O2S/c1-12-7-8-14(13(2)9-12)18-11-27-21(23-18)24-20(26)16-10-19(25)22-17-6-4-3-5-15(16)17/h3-9,11,16H,10H2,1-2H3,(H,22,25)(H,23,24,26). The van der Waals surface area contributed by atoms with Crippen molar-refractivity contribution in [2.75, 3.05) is 10.6 Å². The quantitative estimate of drug-likeness (QED) is 0.706. The minimum atomic E-state index is -0.511. The van der Waals surface area contributed by atoms with Gasteiger partial charge >= 0.3 is 0 Å². The molecule has 5 nitrogen and oxygen atoms in total. The van der Waals surface area contributed by atoms with Gasteiger partial charge in [0.1, 0.15) is 0 Å². The predicted molar refractivity (Wildman–Crippen MR) is 108 cm³/mol. The van der Waals surface area contributed by atoms with Crippen LogP contribution >= 0.6 is 11.3 Å². The average molecular weight is 377 g/mol. The molecule has 2 N–H and O–H groups in total. The lowest BCUT2D eigenvalue weighted by Gasteiger charge is -2.24. The maximum atomic E-state index is 12.8. The van der Waals surface area contributed by atoms with Crippen molar-refractivity contribution in [2.45, 2.75) is 26.2 Å². The van der Waals surface area contributed by atoms with E-state index in [0.717, 1.165) is 22.4 Å². The first kappa shape index (κ1) is 17.4. The van der Waals surface area contributed by atoms with Gasteiger partial charge in [-0.25, -0.2) is 4.98 Å². The molecule has 1 aromatic heterocycles. The van der Waals surface area contributed by atoms with Crippen molar-refractivity contribution in [1.82, 2.24) is 4.98 Å².